The van der Waals surface area contributed by atoms with Crippen LogP contribution < -0.4 is 10.6 Å². The van der Waals surface area contributed by atoms with Gasteiger partial charge in [-0.05, 0) is 37.5 Å². The molecule has 0 radical (unpaired) electrons. The molecular weight excluding hydrogens is 312 g/mol. The number of nitrogens with zero attached hydrogens (tertiary/aromatic N) is 2. The first kappa shape index (κ1) is 15.7. The van der Waals surface area contributed by atoms with E-state index < -0.39 is 0 Å². The molecule has 0 aliphatic heterocycles. The minimum atomic E-state index is -0.109. The lowest BCUT2D eigenvalue weighted by atomic mass is 10.2. The molecule has 3 rings (SSSR count). The van der Waals surface area contributed by atoms with Gasteiger partial charge in [-0.25, -0.2) is 9.97 Å². The van der Waals surface area contributed by atoms with Gasteiger partial charge in [-0.1, -0.05) is 30.5 Å². The molecule has 1 aromatic carbocycles. The molecule has 120 valence electrons. The fourth-order valence-electron chi connectivity index (χ4n) is 2.71. The van der Waals surface area contributed by atoms with Crippen LogP contribution in [0.1, 0.15) is 41.6 Å². The summed E-state index contributed by atoms with van der Waals surface area (Å²) in [7, 11) is 0. The number of hydrogen-bond acceptors (Lipinski definition) is 4. The van der Waals surface area contributed by atoms with E-state index in [1.54, 1.807) is 12.4 Å². The van der Waals surface area contributed by atoms with Gasteiger partial charge >= 0.3 is 0 Å². The van der Waals surface area contributed by atoms with Gasteiger partial charge in [0.1, 0.15) is 0 Å². The molecule has 2 N–H and O–H groups in total. The van der Waals surface area contributed by atoms with Crippen LogP contribution in [-0.4, -0.2) is 21.9 Å². The van der Waals surface area contributed by atoms with Gasteiger partial charge in [0.05, 0.1) is 5.56 Å². The smallest absolute Gasteiger partial charge is 0.254 e. The van der Waals surface area contributed by atoms with Crippen molar-refractivity contribution in [3.8, 4) is 0 Å². The van der Waals surface area contributed by atoms with Crippen LogP contribution in [0.5, 0.6) is 0 Å². The Labute approximate surface area is 140 Å². The quantitative estimate of drug-likeness (QED) is 0.893. The highest BCUT2D eigenvalue weighted by molar-refractivity contribution is 6.31. The summed E-state index contributed by atoms with van der Waals surface area (Å²) in [4.78, 5) is 20.6. The van der Waals surface area contributed by atoms with Crippen LogP contribution in [0.2, 0.25) is 5.02 Å². The number of carbonyl (C=O) groups excluding carboxylic acids is 1. The zero-order valence-electron chi connectivity index (χ0n) is 13.0. The number of nitrogens with one attached hydrogen (secondary N) is 2. The summed E-state index contributed by atoms with van der Waals surface area (Å²) in [5.41, 5.74) is 2.26. The Bertz CT molecular complexity index is 696. The molecular formula is C17H19ClN4O. The van der Waals surface area contributed by atoms with Gasteiger partial charge in [-0.3, -0.25) is 4.79 Å². The van der Waals surface area contributed by atoms with E-state index in [-0.39, 0.29) is 11.9 Å². The molecule has 1 amide bonds. The third-order valence-electron chi connectivity index (χ3n) is 4.12. The third-order valence-corrected chi connectivity index (χ3v) is 4.53. The number of amides is 1. The SMILES string of the molecule is Cc1c(Cl)cccc1Nc1ncc(C(=O)NC2CCCC2)cn1. The number of benzene rings is 1. The van der Waals surface area contributed by atoms with Crippen LogP contribution in [0.25, 0.3) is 0 Å². The fraction of sp³-hybridized carbons (Fsp3) is 0.353. The van der Waals surface area contributed by atoms with Gasteiger partial charge in [-0.15, -0.1) is 0 Å². The zero-order valence-corrected chi connectivity index (χ0v) is 13.7. The van der Waals surface area contributed by atoms with Crippen molar-refractivity contribution in [1.82, 2.24) is 15.3 Å². The average Bonchev–Trinajstić information content (AvgIpc) is 3.05. The number of rotatable bonds is 4. The van der Waals surface area contributed by atoms with Gasteiger partial charge in [-0.2, -0.15) is 0 Å². The van der Waals surface area contributed by atoms with Crippen LogP contribution in [0.3, 0.4) is 0 Å². The van der Waals surface area contributed by atoms with Crippen molar-refractivity contribution in [2.75, 3.05) is 5.32 Å². The van der Waals surface area contributed by atoms with Crippen LogP contribution in [-0.2, 0) is 0 Å². The normalized spacial score (nSPS) is 14.7. The number of hydrogen-bond donors (Lipinski definition) is 2. The second kappa shape index (κ2) is 6.96. The Hall–Kier alpha value is -2.14. The summed E-state index contributed by atoms with van der Waals surface area (Å²) in [6, 6.07) is 5.89. The maximum absolute atomic E-state index is 12.1. The monoisotopic (exact) mass is 330 g/mol. The Morgan fingerprint density at radius 1 is 1.22 bits per heavy atom. The molecule has 1 saturated carbocycles. The molecule has 1 aromatic heterocycles. The number of aromatic nitrogens is 2. The van der Waals surface area contributed by atoms with Crippen molar-refractivity contribution >= 4 is 29.1 Å². The van der Waals surface area contributed by atoms with Crippen molar-refractivity contribution in [3.05, 3.63) is 46.7 Å². The second-order valence-electron chi connectivity index (χ2n) is 5.79. The molecule has 6 heteroatoms. The van der Waals surface area contributed by atoms with Crippen molar-refractivity contribution < 1.29 is 4.79 Å². The Kier molecular flexibility index (Phi) is 4.76. The van der Waals surface area contributed by atoms with Gasteiger partial charge in [0.15, 0.2) is 0 Å². The minimum absolute atomic E-state index is 0.109. The molecule has 5 nitrogen and oxygen atoms in total. The van der Waals surface area contributed by atoms with Crippen LogP contribution >= 0.6 is 11.6 Å². The molecule has 1 aliphatic carbocycles. The first-order valence-corrected chi connectivity index (χ1v) is 8.16. The van der Waals surface area contributed by atoms with Crippen molar-refractivity contribution in [2.24, 2.45) is 0 Å². The van der Waals surface area contributed by atoms with Gasteiger partial charge in [0.25, 0.3) is 5.91 Å². The molecule has 0 atom stereocenters. The first-order chi connectivity index (χ1) is 11.1. The predicted molar refractivity (Wildman–Crippen MR) is 91.2 cm³/mol. The average molecular weight is 331 g/mol. The van der Waals surface area contributed by atoms with Crippen molar-refractivity contribution in [2.45, 2.75) is 38.6 Å². The van der Waals surface area contributed by atoms with Gasteiger partial charge < -0.3 is 10.6 Å². The standard InChI is InChI=1S/C17H19ClN4O/c1-11-14(18)7-4-8-15(11)22-17-19-9-12(10-20-17)16(23)21-13-5-2-3-6-13/h4,7-10,13H,2-3,5-6H2,1H3,(H,21,23)(H,19,20,22). The highest BCUT2D eigenvalue weighted by Gasteiger charge is 2.18. The molecule has 1 heterocycles. The topological polar surface area (TPSA) is 66.9 Å². The van der Waals surface area contributed by atoms with E-state index in [0.717, 1.165) is 24.1 Å². The molecule has 1 aliphatic rings. The van der Waals surface area contributed by atoms with Crippen molar-refractivity contribution in [1.29, 1.82) is 0 Å². The van der Waals surface area contributed by atoms with E-state index in [4.69, 9.17) is 11.6 Å². The van der Waals surface area contributed by atoms with Crippen LogP contribution in [0.15, 0.2) is 30.6 Å². The summed E-state index contributed by atoms with van der Waals surface area (Å²) in [5.74, 6) is 0.329. The molecule has 2 aromatic rings. The number of anilines is 2. The molecule has 0 saturated heterocycles. The third kappa shape index (κ3) is 3.79. The molecule has 0 unspecified atom stereocenters. The van der Waals surface area contributed by atoms with Crippen LogP contribution in [0, 0.1) is 6.92 Å². The van der Waals surface area contributed by atoms with E-state index in [2.05, 4.69) is 20.6 Å². The lowest BCUT2D eigenvalue weighted by molar-refractivity contribution is 0.0937. The number of halogens is 1. The molecule has 0 spiro atoms. The summed E-state index contributed by atoms with van der Waals surface area (Å²) in [6.07, 6.45) is 7.56. The zero-order chi connectivity index (χ0) is 16.2. The van der Waals surface area contributed by atoms with Crippen molar-refractivity contribution in [3.63, 3.8) is 0 Å². The van der Waals surface area contributed by atoms with E-state index in [9.17, 15) is 4.79 Å². The first-order valence-electron chi connectivity index (χ1n) is 7.78. The summed E-state index contributed by atoms with van der Waals surface area (Å²) < 4.78 is 0. The summed E-state index contributed by atoms with van der Waals surface area (Å²) in [5, 5.41) is 6.82. The van der Waals surface area contributed by atoms with E-state index in [1.165, 1.54) is 12.8 Å². The highest BCUT2D eigenvalue weighted by Crippen LogP contribution is 2.24. The Morgan fingerprint density at radius 3 is 2.61 bits per heavy atom. The highest BCUT2D eigenvalue weighted by atomic mass is 35.5. The Morgan fingerprint density at radius 2 is 1.91 bits per heavy atom. The maximum atomic E-state index is 12.1. The van der Waals surface area contributed by atoms with Gasteiger partial charge in [0, 0.05) is 29.1 Å². The predicted octanol–water partition coefficient (Wildman–Crippen LogP) is 3.85. The molecule has 0 bridgehead atoms. The van der Waals surface area contributed by atoms with E-state index >= 15 is 0 Å². The van der Waals surface area contributed by atoms with E-state index in [0.29, 0.717) is 16.5 Å². The lowest BCUT2D eigenvalue weighted by Crippen LogP contribution is -2.32. The van der Waals surface area contributed by atoms with Crippen LogP contribution in [0.4, 0.5) is 11.6 Å². The van der Waals surface area contributed by atoms with Gasteiger partial charge in [0.2, 0.25) is 5.95 Å². The Balaban J connectivity index is 1.66. The minimum Gasteiger partial charge on any atom is -0.349 e. The second-order valence-corrected chi connectivity index (χ2v) is 6.19. The molecule has 23 heavy (non-hydrogen) atoms. The summed E-state index contributed by atoms with van der Waals surface area (Å²) in [6.45, 7) is 1.92. The lowest BCUT2D eigenvalue weighted by Gasteiger charge is -2.12. The summed E-state index contributed by atoms with van der Waals surface area (Å²) >= 11 is 6.09. The molecule has 1 fully saturated rings. The maximum Gasteiger partial charge on any atom is 0.254 e. The van der Waals surface area contributed by atoms with E-state index in [1.807, 2.05) is 25.1 Å². The number of carbonyl (C=O) groups is 1. The fourth-order valence-corrected chi connectivity index (χ4v) is 2.89. The largest absolute Gasteiger partial charge is 0.349 e.